The Morgan fingerprint density at radius 2 is 1.46 bits per heavy atom. The van der Waals surface area contributed by atoms with Crippen LogP contribution < -0.4 is 15.4 Å². The molecular weight excluding hydrogens is 701 g/mol. The lowest BCUT2D eigenvalue weighted by molar-refractivity contribution is -0.177. The van der Waals surface area contributed by atoms with E-state index in [2.05, 4.69) is 10.6 Å². The van der Waals surface area contributed by atoms with Gasteiger partial charge in [-0.2, -0.15) is 13.2 Å². The molecule has 2 N–H and O–H groups in total. The predicted molar refractivity (Wildman–Crippen MR) is 190 cm³/mol. The van der Waals surface area contributed by atoms with Crippen molar-refractivity contribution in [1.82, 2.24) is 10.6 Å². The van der Waals surface area contributed by atoms with Crippen molar-refractivity contribution in [3.05, 3.63) is 100 Å². The zero-order valence-corrected chi connectivity index (χ0v) is 30.7. The quantitative estimate of drug-likeness (QED) is 0.142. The molecule has 2 amide bonds. The molecule has 0 aliphatic rings. The number of ether oxygens (including phenoxy) is 2. The third-order valence-electron chi connectivity index (χ3n) is 8.19. The summed E-state index contributed by atoms with van der Waals surface area (Å²) in [6.45, 7) is 8.25. The Labute approximate surface area is 306 Å². The molecule has 0 unspecified atom stereocenters. The molecule has 3 aromatic rings. The zero-order chi connectivity index (χ0) is 38.8. The van der Waals surface area contributed by atoms with E-state index in [-0.39, 0.29) is 30.5 Å². The molecule has 0 radical (unpaired) electrons. The third kappa shape index (κ3) is 12.8. The molecule has 0 heterocycles. The van der Waals surface area contributed by atoms with E-state index in [9.17, 15) is 37.1 Å². The van der Waals surface area contributed by atoms with Crippen molar-refractivity contribution in [3.8, 4) is 5.75 Å². The van der Waals surface area contributed by atoms with Crippen molar-refractivity contribution in [1.29, 1.82) is 0 Å². The number of alkyl halides is 3. The molecule has 0 aliphatic heterocycles. The molecule has 0 aliphatic carbocycles. The highest BCUT2D eigenvalue weighted by molar-refractivity contribution is 6.31. The maximum Gasteiger partial charge on any atom is 0.450 e. The highest BCUT2D eigenvalue weighted by Crippen LogP contribution is 2.31. The normalized spacial score (nSPS) is 13.4. The van der Waals surface area contributed by atoms with Crippen molar-refractivity contribution in [2.75, 3.05) is 7.11 Å². The first-order valence-corrected chi connectivity index (χ1v) is 17.1. The van der Waals surface area contributed by atoms with Gasteiger partial charge >= 0.3 is 12.3 Å². The van der Waals surface area contributed by atoms with E-state index in [4.69, 9.17) is 21.1 Å². The Kier molecular flexibility index (Phi) is 14.6. The van der Waals surface area contributed by atoms with Gasteiger partial charge in [-0.3, -0.25) is 19.2 Å². The fraction of sp³-hybridized carbons (Fsp3) is 0.410. The molecule has 9 nitrogen and oxygen atoms in total. The number of hydrogen-bond donors (Lipinski definition) is 2. The van der Waals surface area contributed by atoms with Crippen LogP contribution in [0.2, 0.25) is 5.02 Å². The fourth-order valence-electron chi connectivity index (χ4n) is 5.41. The molecule has 0 bridgehead atoms. The monoisotopic (exact) mass is 744 g/mol. The van der Waals surface area contributed by atoms with E-state index in [0.29, 0.717) is 16.3 Å². The number of methoxy groups -OCH3 is 1. The predicted octanol–water partition coefficient (Wildman–Crippen LogP) is 8.03. The first-order valence-electron chi connectivity index (χ1n) is 16.7. The van der Waals surface area contributed by atoms with Crippen molar-refractivity contribution < 1.29 is 46.6 Å². The number of hydrogen-bond acceptors (Lipinski definition) is 7. The molecule has 0 saturated heterocycles. The molecule has 0 fully saturated rings. The Morgan fingerprint density at radius 1 is 0.846 bits per heavy atom. The van der Waals surface area contributed by atoms with E-state index in [0.717, 1.165) is 5.56 Å². The summed E-state index contributed by atoms with van der Waals surface area (Å²) in [4.78, 5) is 65.7. The van der Waals surface area contributed by atoms with Gasteiger partial charge in [0.1, 0.15) is 17.4 Å². The Bertz CT molecular complexity index is 1720. The lowest BCUT2D eigenvalue weighted by Crippen LogP contribution is -2.41. The first-order chi connectivity index (χ1) is 24.3. The Balaban J connectivity index is 1.93. The Morgan fingerprint density at radius 3 is 2.00 bits per heavy atom. The van der Waals surface area contributed by atoms with Gasteiger partial charge in [-0.05, 0) is 74.1 Å². The average Bonchev–Trinajstić information content (AvgIpc) is 3.07. The molecule has 0 saturated carbocycles. The first kappa shape index (κ1) is 41.7. The van der Waals surface area contributed by atoms with E-state index >= 15 is 0 Å². The minimum absolute atomic E-state index is 0.0443. The second-order valence-electron chi connectivity index (χ2n) is 13.8. The van der Waals surface area contributed by atoms with Crippen LogP contribution in [0.4, 0.5) is 18.0 Å². The molecular formula is C39H44ClF3N2O7. The van der Waals surface area contributed by atoms with Crippen LogP contribution in [0.15, 0.2) is 72.8 Å². The van der Waals surface area contributed by atoms with E-state index in [1.165, 1.54) is 51.3 Å². The number of halogens is 4. The molecule has 3 rings (SSSR count). The van der Waals surface area contributed by atoms with Crippen LogP contribution >= 0.6 is 11.6 Å². The number of carbonyl (C=O) groups is 5. The summed E-state index contributed by atoms with van der Waals surface area (Å²) >= 11 is 6.11. The van der Waals surface area contributed by atoms with E-state index in [1.807, 2.05) is 0 Å². The Hall–Kier alpha value is -4.71. The summed E-state index contributed by atoms with van der Waals surface area (Å²) in [5.74, 6) is -7.04. The van der Waals surface area contributed by atoms with E-state index < -0.39 is 71.3 Å². The van der Waals surface area contributed by atoms with Gasteiger partial charge in [0.15, 0.2) is 11.6 Å². The number of Topliss-reactive ketones (excluding diaryl/α,β-unsaturated/α-hetero) is 3. The second kappa shape index (κ2) is 18.2. The summed E-state index contributed by atoms with van der Waals surface area (Å²) in [5, 5.41) is 5.67. The van der Waals surface area contributed by atoms with Gasteiger partial charge in [0.2, 0.25) is 11.7 Å². The van der Waals surface area contributed by atoms with Crippen molar-refractivity contribution in [2.24, 2.45) is 17.8 Å². The SMILES string of the molecule is COc1ccc([C@H](NC(=O)[C@@H](CC(=O)c2cccc(Cl)c2)Cc2ccc(CNC(=O)OC(C)(C)C)cc2)C(=O)C[C@H](C(=O)C(F)(F)F)C(C)C)cc1. The van der Waals surface area contributed by atoms with Gasteiger partial charge in [0.25, 0.3) is 0 Å². The van der Waals surface area contributed by atoms with Gasteiger partial charge in [-0.1, -0.05) is 74.0 Å². The van der Waals surface area contributed by atoms with Gasteiger partial charge < -0.3 is 20.1 Å². The van der Waals surface area contributed by atoms with Gasteiger partial charge in [0.05, 0.1) is 7.11 Å². The minimum atomic E-state index is -5.15. The lowest BCUT2D eigenvalue weighted by atomic mass is 9.84. The number of carbonyl (C=O) groups excluding carboxylic acids is 5. The average molecular weight is 745 g/mol. The zero-order valence-electron chi connectivity index (χ0n) is 29.9. The van der Waals surface area contributed by atoms with Crippen LogP contribution in [0.5, 0.6) is 5.75 Å². The molecule has 280 valence electrons. The molecule has 3 atom stereocenters. The standard InChI is InChI=1S/C39H44ClF3N2O7/c1-23(2)31(35(48)39(41,42)43)21-33(47)34(26-14-16-30(51-6)17-15-26)45-36(49)28(20-32(46)27-8-7-9-29(40)19-27)18-24-10-12-25(13-11-24)22-44-37(50)52-38(3,4)5/h7-17,19,23,28,31,34H,18,20-22H2,1-6H3,(H,44,50)(H,45,49)/t28-,31+,34+/m1/s1. The third-order valence-corrected chi connectivity index (χ3v) is 8.42. The van der Waals surface area contributed by atoms with Gasteiger partial charge in [-0.15, -0.1) is 0 Å². The largest absolute Gasteiger partial charge is 0.497 e. The molecule has 52 heavy (non-hydrogen) atoms. The van der Waals surface area contributed by atoms with Crippen molar-refractivity contribution in [3.63, 3.8) is 0 Å². The molecule has 0 aromatic heterocycles. The number of benzene rings is 3. The lowest BCUT2D eigenvalue weighted by Gasteiger charge is -2.26. The van der Waals surface area contributed by atoms with Crippen molar-refractivity contribution in [2.45, 2.75) is 78.2 Å². The van der Waals surface area contributed by atoms with E-state index in [1.54, 1.807) is 63.2 Å². The highest BCUT2D eigenvalue weighted by atomic mass is 35.5. The molecule has 0 spiro atoms. The topological polar surface area (TPSA) is 128 Å². The van der Waals surface area contributed by atoms with Crippen molar-refractivity contribution >= 4 is 41.0 Å². The van der Waals surface area contributed by atoms with Crippen LogP contribution in [0.3, 0.4) is 0 Å². The van der Waals surface area contributed by atoms with Gasteiger partial charge in [-0.25, -0.2) is 4.79 Å². The van der Waals surface area contributed by atoms with Crippen LogP contribution in [-0.4, -0.2) is 48.2 Å². The minimum Gasteiger partial charge on any atom is -0.497 e. The smallest absolute Gasteiger partial charge is 0.450 e. The van der Waals surface area contributed by atoms with Gasteiger partial charge in [0, 0.05) is 41.8 Å². The maximum atomic E-state index is 14.1. The summed E-state index contributed by atoms with van der Waals surface area (Å²) in [7, 11) is 1.43. The van der Waals surface area contributed by atoms with Crippen LogP contribution in [0.25, 0.3) is 0 Å². The summed E-state index contributed by atoms with van der Waals surface area (Å²) in [6.07, 6.45) is -6.77. The number of nitrogens with one attached hydrogen (secondary N) is 2. The summed E-state index contributed by atoms with van der Waals surface area (Å²) < 4.78 is 50.9. The number of alkyl carbamates (subject to hydrolysis) is 1. The summed E-state index contributed by atoms with van der Waals surface area (Å²) in [6, 6.07) is 17.8. The van der Waals surface area contributed by atoms with Crippen LogP contribution in [0.1, 0.15) is 80.6 Å². The second-order valence-corrected chi connectivity index (χ2v) is 14.2. The summed E-state index contributed by atoms with van der Waals surface area (Å²) in [5.41, 5.74) is 1.25. The number of ketones is 3. The van der Waals surface area contributed by atoms with Crippen LogP contribution in [0, 0.1) is 17.8 Å². The number of rotatable bonds is 16. The molecule has 13 heteroatoms. The highest BCUT2D eigenvalue weighted by Gasteiger charge is 2.45. The fourth-order valence-corrected chi connectivity index (χ4v) is 5.60. The molecule has 3 aromatic carbocycles. The number of amides is 2. The maximum absolute atomic E-state index is 14.1. The van der Waals surface area contributed by atoms with Crippen LogP contribution in [-0.2, 0) is 32.1 Å².